The summed E-state index contributed by atoms with van der Waals surface area (Å²) in [6.45, 7) is 0. The van der Waals surface area contributed by atoms with Crippen molar-refractivity contribution in [1.82, 2.24) is 4.98 Å². The molecule has 0 aliphatic carbocycles. The van der Waals surface area contributed by atoms with Crippen LogP contribution in [0.5, 0.6) is 5.75 Å². The Labute approximate surface area is 91.5 Å². The second kappa shape index (κ2) is 4.26. The lowest BCUT2D eigenvalue weighted by atomic mass is 10.1. The van der Waals surface area contributed by atoms with Crippen LogP contribution in [-0.2, 0) is 0 Å². The Morgan fingerprint density at radius 2 is 1.75 bits per heavy atom. The highest BCUT2D eigenvalue weighted by Crippen LogP contribution is 2.30. The normalized spacial score (nSPS) is 10.2. The Bertz CT molecular complexity index is 497. The van der Waals surface area contributed by atoms with Gasteiger partial charge in [0.1, 0.15) is 5.82 Å². The van der Waals surface area contributed by atoms with E-state index in [-0.39, 0.29) is 11.6 Å². The zero-order chi connectivity index (χ0) is 11.5. The highest BCUT2D eigenvalue weighted by Gasteiger charge is 2.11. The largest absolute Gasteiger partial charge is 0.493 e. The second-order valence-corrected chi connectivity index (χ2v) is 3.21. The third kappa shape index (κ3) is 1.86. The molecule has 4 heteroatoms. The number of aromatic nitrogens is 1. The number of hydrogen-bond acceptors (Lipinski definition) is 2. The van der Waals surface area contributed by atoms with Crippen molar-refractivity contribution >= 4 is 0 Å². The van der Waals surface area contributed by atoms with Crippen LogP contribution in [0.3, 0.4) is 0 Å². The van der Waals surface area contributed by atoms with E-state index in [0.717, 1.165) is 6.20 Å². The van der Waals surface area contributed by atoms with Crippen LogP contribution < -0.4 is 4.74 Å². The van der Waals surface area contributed by atoms with Crippen molar-refractivity contribution in [3.63, 3.8) is 0 Å². The molecule has 2 nitrogen and oxygen atoms in total. The summed E-state index contributed by atoms with van der Waals surface area (Å²) in [6.07, 6.45) is 2.56. The minimum absolute atomic E-state index is 0.113. The maximum Gasteiger partial charge on any atom is 0.183 e. The van der Waals surface area contributed by atoms with Gasteiger partial charge in [-0.1, -0.05) is 12.1 Å². The van der Waals surface area contributed by atoms with Crippen LogP contribution in [0, 0.1) is 11.6 Å². The third-order valence-electron chi connectivity index (χ3n) is 2.21. The molecule has 0 unspecified atom stereocenters. The zero-order valence-corrected chi connectivity index (χ0v) is 8.58. The molecule has 0 amide bonds. The summed E-state index contributed by atoms with van der Waals surface area (Å²) in [5.41, 5.74) is 1.16. The van der Waals surface area contributed by atoms with Crippen molar-refractivity contribution in [2.24, 2.45) is 0 Å². The van der Waals surface area contributed by atoms with Gasteiger partial charge in [-0.2, -0.15) is 0 Å². The minimum atomic E-state index is -0.538. The molecule has 0 aliphatic rings. The van der Waals surface area contributed by atoms with Gasteiger partial charge in [0.05, 0.1) is 13.3 Å². The molecular formula is C12H9F2NO. The van der Waals surface area contributed by atoms with E-state index in [1.807, 2.05) is 0 Å². The molecule has 16 heavy (non-hydrogen) atoms. The smallest absolute Gasteiger partial charge is 0.183 e. The van der Waals surface area contributed by atoms with Gasteiger partial charge in [0.15, 0.2) is 11.6 Å². The minimum Gasteiger partial charge on any atom is -0.493 e. The molecule has 0 saturated heterocycles. The molecule has 2 aromatic rings. The van der Waals surface area contributed by atoms with E-state index in [9.17, 15) is 8.78 Å². The van der Waals surface area contributed by atoms with Gasteiger partial charge in [-0.15, -0.1) is 0 Å². The molecule has 0 fully saturated rings. The zero-order valence-electron chi connectivity index (χ0n) is 8.58. The van der Waals surface area contributed by atoms with Gasteiger partial charge in [0, 0.05) is 11.8 Å². The van der Waals surface area contributed by atoms with Crippen LogP contribution in [0.15, 0.2) is 36.7 Å². The van der Waals surface area contributed by atoms with Gasteiger partial charge >= 0.3 is 0 Å². The molecule has 1 aromatic heterocycles. The number of methoxy groups -OCH3 is 1. The number of rotatable bonds is 2. The maximum absolute atomic E-state index is 13.4. The van der Waals surface area contributed by atoms with Gasteiger partial charge in [-0.25, -0.2) is 8.78 Å². The Balaban J connectivity index is 2.55. The summed E-state index contributed by atoms with van der Waals surface area (Å²) in [7, 11) is 1.38. The van der Waals surface area contributed by atoms with Crippen LogP contribution >= 0.6 is 0 Å². The van der Waals surface area contributed by atoms with Crippen molar-refractivity contribution in [1.29, 1.82) is 0 Å². The Morgan fingerprint density at radius 1 is 1.06 bits per heavy atom. The molecule has 1 aromatic carbocycles. The molecule has 82 valence electrons. The molecule has 0 saturated carbocycles. The second-order valence-electron chi connectivity index (χ2n) is 3.21. The quantitative estimate of drug-likeness (QED) is 0.777. The summed E-state index contributed by atoms with van der Waals surface area (Å²) in [5.74, 6) is -0.766. The first kappa shape index (κ1) is 10.5. The van der Waals surface area contributed by atoms with Crippen LogP contribution in [0.4, 0.5) is 8.78 Å². The number of ether oxygens (including phenoxy) is 1. The van der Waals surface area contributed by atoms with Crippen LogP contribution in [0.25, 0.3) is 11.1 Å². The fourth-order valence-electron chi connectivity index (χ4n) is 1.47. The molecule has 0 spiro atoms. The average molecular weight is 221 g/mol. The standard InChI is InChI=1S/C12H9F2NO/c1-16-12-10(6-15-7-11(12)14)8-2-4-9(13)5-3-8/h2-7H,1H3. The topological polar surface area (TPSA) is 22.1 Å². The monoisotopic (exact) mass is 221 g/mol. The Morgan fingerprint density at radius 3 is 2.38 bits per heavy atom. The van der Waals surface area contributed by atoms with E-state index in [0.29, 0.717) is 11.1 Å². The molecule has 1 heterocycles. The predicted molar refractivity (Wildman–Crippen MR) is 56.1 cm³/mol. The predicted octanol–water partition coefficient (Wildman–Crippen LogP) is 3.04. The SMILES string of the molecule is COc1c(F)cncc1-c1ccc(F)cc1. The third-order valence-corrected chi connectivity index (χ3v) is 2.21. The summed E-state index contributed by atoms with van der Waals surface area (Å²) in [5, 5.41) is 0. The van der Waals surface area contributed by atoms with Crippen LogP contribution in [-0.4, -0.2) is 12.1 Å². The van der Waals surface area contributed by atoms with Crippen LogP contribution in [0.2, 0.25) is 0 Å². The lowest BCUT2D eigenvalue weighted by Crippen LogP contribution is -1.93. The average Bonchev–Trinajstić information content (AvgIpc) is 2.30. The first-order valence-electron chi connectivity index (χ1n) is 4.66. The summed E-state index contributed by atoms with van der Waals surface area (Å²) in [4.78, 5) is 3.74. The molecule has 2 rings (SSSR count). The van der Waals surface area contributed by atoms with Gasteiger partial charge in [-0.3, -0.25) is 4.98 Å². The highest BCUT2D eigenvalue weighted by molar-refractivity contribution is 5.69. The van der Waals surface area contributed by atoms with Crippen LogP contribution in [0.1, 0.15) is 0 Å². The number of halogens is 2. The van der Waals surface area contributed by atoms with Crippen molar-refractivity contribution in [2.45, 2.75) is 0 Å². The number of pyridine rings is 1. The molecular weight excluding hydrogens is 212 g/mol. The van der Waals surface area contributed by atoms with Gasteiger partial charge < -0.3 is 4.74 Å². The van der Waals surface area contributed by atoms with E-state index >= 15 is 0 Å². The van der Waals surface area contributed by atoms with Gasteiger partial charge in [0.25, 0.3) is 0 Å². The van der Waals surface area contributed by atoms with E-state index in [2.05, 4.69) is 4.98 Å². The summed E-state index contributed by atoms with van der Waals surface area (Å²) in [6, 6.07) is 5.71. The molecule has 0 N–H and O–H groups in total. The van der Waals surface area contributed by atoms with E-state index in [1.54, 1.807) is 12.1 Å². The van der Waals surface area contributed by atoms with Crippen molar-refractivity contribution in [2.75, 3.05) is 7.11 Å². The Hall–Kier alpha value is -1.97. The molecule has 0 bridgehead atoms. The van der Waals surface area contributed by atoms with E-state index in [4.69, 9.17) is 4.74 Å². The fraction of sp³-hybridized carbons (Fsp3) is 0.0833. The fourth-order valence-corrected chi connectivity index (χ4v) is 1.47. The summed E-state index contributed by atoms with van der Waals surface area (Å²) >= 11 is 0. The van der Waals surface area contributed by atoms with Crippen molar-refractivity contribution < 1.29 is 13.5 Å². The first-order chi connectivity index (χ1) is 7.72. The van der Waals surface area contributed by atoms with Gasteiger partial charge in [0.2, 0.25) is 0 Å². The number of hydrogen-bond donors (Lipinski definition) is 0. The van der Waals surface area contributed by atoms with E-state index in [1.165, 1.54) is 25.4 Å². The van der Waals surface area contributed by atoms with Gasteiger partial charge in [-0.05, 0) is 17.7 Å². The molecule has 0 radical (unpaired) electrons. The van der Waals surface area contributed by atoms with Crippen molar-refractivity contribution in [3.05, 3.63) is 48.3 Å². The first-order valence-corrected chi connectivity index (χ1v) is 4.66. The number of benzene rings is 1. The Kier molecular flexibility index (Phi) is 2.81. The summed E-state index contributed by atoms with van der Waals surface area (Å²) < 4.78 is 31.0. The van der Waals surface area contributed by atoms with Crippen molar-refractivity contribution in [3.8, 4) is 16.9 Å². The lowest BCUT2D eigenvalue weighted by Gasteiger charge is -2.08. The maximum atomic E-state index is 13.4. The lowest BCUT2D eigenvalue weighted by molar-refractivity contribution is 0.387. The molecule has 0 aliphatic heterocycles. The van der Waals surface area contributed by atoms with E-state index < -0.39 is 5.82 Å². The highest BCUT2D eigenvalue weighted by atomic mass is 19.1. The molecule has 0 atom stereocenters. The number of nitrogens with zero attached hydrogens (tertiary/aromatic N) is 1.